The summed E-state index contributed by atoms with van der Waals surface area (Å²) in [6.45, 7) is 8.67. The number of primary amides is 1. The quantitative estimate of drug-likeness (QED) is 0.173. The molecule has 0 aliphatic rings. The summed E-state index contributed by atoms with van der Waals surface area (Å²) >= 11 is 0. The lowest BCUT2D eigenvalue weighted by Gasteiger charge is -2.32. The molecule has 0 aliphatic heterocycles. The van der Waals surface area contributed by atoms with Crippen molar-refractivity contribution in [2.75, 3.05) is 19.7 Å². The number of hydrogen-bond acceptors (Lipinski definition) is 7. The second-order valence-electron chi connectivity index (χ2n) is 12.2. The van der Waals surface area contributed by atoms with E-state index in [0.717, 1.165) is 5.56 Å². The lowest BCUT2D eigenvalue weighted by atomic mass is 9.75. The van der Waals surface area contributed by atoms with Crippen molar-refractivity contribution in [3.05, 3.63) is 101 Å². The molecule has 11 nitrogen and oxygen atoms in total. The van der Waals surface area contributed by atoms with Crippen LogP contribution in [-0.2, 0) is 30.9 Å². The Kier molecular flexibility index (Phi) is 12.2. The predicted molar refractivity (Wildman–Crippen MR) is 174 cm³/mol. The molecule has 246 valence electrons. The molecule has 4 amide bonds. The molecule has 3 rings (SSSR count). The van der Waals surface area contributed by atoms with Gasteiger partial charge in [-0.3, -0.25) is 9.59 Å². The Hall–Kier alpha value is -5.06. The molecule has 6 N–H and O–H groups in total. The lowest BCUT2D eigenvalue weighted by molar-refractivity contribution is -0.128. The fourth-order valence-corrected chi connectivity index (χ4v) is 5.39. The summed E-state index contributed by atoms with van der Waals surface area (Å²) in [5.74, 6) is -0.703. The molecule has 3 aromatic carbocycles. The molecule has 0 saturated heterocycles. The Morgan fingerprint density at radius 1 is 0.870 bits per heavy atom. The number of alkyl carbamates (subject to hydrolysis) is 1. The third kappa shape index (κ3) is 10.3. The van der Waals surface area contributed by atoms with E-state index in [9.17, 15) is 24.3 Å². The first-order valence-corrected chi connectivity index (χ1v) is 15.1. The number of aromatic hydroxyl groups is 1. The van der Waals surface area contributed by atoms with Gasteiger partial charge in [0, 0.05) is 13.1 Å². The van der Waals surface area contributed by atoms with E-state index in [1.807, 2.05) is 36.4 Å². The van der Waals surface area contributed by atoms with Gasteiger partial charge in [-0.15, -0.1) is 0 Å². The number of phenols is 1. The average Bonchev–Trinajstić information content (AvgIpc) is 2.96. The van der Waals surface area contributed by atoms with Crippen LogP contribution in [0.2, 0.25) is 0 Å². The topological polar surface area (TPSA) is 169 Å². The minimum atomic E-state index is -1.29. The van der Waals surface area contributed by atoms with E-state index in [1.54, 1.807) is 71.0 Å². The van der Waals surface area contributed by atoms with E-state index in [1.165, 1.54) is 0 Å². The van der Waals surface area contributed by atoms with Crippen LogP contribution >= 0.6 is 0 Å². The number of nitrogens with one attached hydrogen (secondary N) is 3. The number of nitrogens with two attached hydrogens (primary N) is 1. The zero-order valence-electron chi connectivity index (χ0n) is 27.0. The van der Waals surface area contributed by atoms with Crippen LogP contribution < -0.4 is 21.7 Å². The van der Waals surface area contributed by atoms with E-state index < -0.39 is 35.2 Å². The minimum Gasteiger partial charge on any atom is -0.508 e. The summed E-state index contributed by atoms with van der Waals surface area (Å²) in [5.41, 5.74) is 6.85. The Labute approximate surface area is 269 Å². The number of phenolic OH excluding ortho intramolecular Hbond substituents is 1. The van der Waals surface area contributed by atoms with Crippen molar-refractivity contribution in [1.29, 1.82) is 0 Å². The standard InChI is InChI=1S/C35H44N4O7/c1-23-18-27(40)19-24(2)30(23)28(39-33(44)46-34(3,4)5)20-29(41)37-16-17-38-31(42)35(22-45-32(36)43,26-14-10-7-11-15-26)21-25-12-8-6-9-13-25/h6-15,18-19,28,40H,16-17,20-22H2,1-5H3,(H2,36,43)(H,37,41)(H,38,42)(H,39,44). The second-order valence-corrected chi connectivity index (χ2v) is 12.2. The highest BCUT2D eigenvalue weighted by molar-refractivity contribution is 5.89. The molecule has 46 heavy (non-hydrogen) atoms. The van der Waals surface area contributed by atoms with Crippen LogP contribution in [-0.4, -0.2) is 54.4 Å². The summed E-state index contributed by atoms with van der Waals surface area (Å²) < 4.78 is 10.6. The van der Waals surface area contributed by atoms with Crippen molar-refractivity contribution >= 4 is 24.0 Å². The molecule has 0 heterocycles. The second kappa shape index (κ2) is 15.8. The summed E-state index contributed by atoms with van der Waals surface area (Å²) in [6, 6.07) is 20.7. The van der Waals surface area contributed by atoms with Crippen molar-refractivity contribution in [3.8, 4) is 5.75 Å². The van der Waals surface area contributed by atoms with Gasteiger partial charge < -0.3 is 36.3 Å². The van der Waals surface area contributed by atoms with Crippen LogP contribution in [0.25, 0.3) is 0 Å². The number of carbonyl (C=O) groups is 4. The molecular formula is C35H44N4O7. The Balaban J connectivity index is 1.74. The lowest BCUT2D eigenvalue weighted by Crippen LogP contribution is -2.51. The van der Waals surface area contributed by atoms with Gasteiger partial charge in [-0.25, -0.2) is 9.59 Å². The third-order valence-corrected chi connectivity index (χ3v) is 7.31. The van der Waals surface area contributed by atoms with Crippen molar-refractivity contribution in [1.82, 2.24) is 16.0 Å². The largest absolute Gasteiger partial charge is 0.508 e. The van der Waals surface area contributed by atoms with Gasteiger partial charge >= 0.3 is 12.2 Å². The van der Waals surface area contributed by atoms with Crippen LogP contribution in [0.4, 0.5) is 9.59 Å². The molecule has 0 bridgehead atoms. The highest BCUT2D eigenvalue weighted by atomic mass is 16.6. The summed E-state index contributed by atoms with van der Waals surface area (Å²) in [6.07, 6.45) is -1.57. The zero-order chi connectivity index (χ0) is 33.9. The van der Waals surface area contributed by atoms with E-state index in [-0.39, 0.29) is 44.2 Å². The molecule has 3 aromatic rings. The minimum absolute atomic E-state index is 0.0753. The number of carbonyl (C=O) groups excluding carboxylic acids is 4. The molecule has 0 fully saturated rings. The van der Waals surface area contributed by atoms with Crippen LogP contribution in [0, 0.1) is 13.8 Å². The van der Waals surface area contributed by atoms with Gasteiger partial charge in [0.25, 0.3) is 0 Å². The van der Waals surface area contributed by atoms with Gasteiger partial charge in [0.05, 0.1) is 12.5 Å². The molecule has 0 saturated carbocycles. The van der Waals surface area contributed by atoms with E-state index >= 15 is 0 Å². The van der Waals surface area contributed by atoms with Gasteiger partial charge in [-0.05, 0) is 81.0 Å². The van der Waals surface area contributed by atoms with Crippen LogP contribution in [0.15, 0.2) is 72.8 Å². The van der Waals surface area contributed by atoms with Crippen molar-refractivity contribution in [2.45, 2.75) is 64.5 Å². The number of ether oxygens (including phenoxy) is 2. The first kappa shape index (κ1) is 35.4. The SMILES string of the molecule is Cc1cc(O)cc(C)c1C(CC(=O)NCCNC(=O)C(COC(N)=O)(Cc1ccccc1)c1ccccc1)NC(=O)OC(C)(C)C. The highest BCUT2D eigenvalue weighted by Gasteiger charge is 2.42. The van der Waals surface area contributed by atoms with Crippen molar-refractivity contribution < 1.29 is 33.8 Å². The van der Waals surface area contributed by atoms with Crippen molar-refractivity contribution in [3.63, 3.8) is 0 Å². The molecule has 11 heteroatoms. The maximum atomic E-state index is 13.9. The molecule has 0 spiro atoms. The maximum Gasteiger partial charge on any atom is 0.408 e. The number of hydrogen-bond donors (Lipinski definition) is 5. The molecule has 2 atom stereocenters. The smallest absolute Gasteiger partial charge is 0.408 e. The van der Waals surface area contributed by atoms with Gasteiger partial charge in [0.1, 0.15) is 23.4 Å². The molecule has 0 aliphatic carbocycles. The fraction of sp³-hybridized carbons (Fsp3) is 0.371. The van der Waals surface area contributed by atoms with Crippen LogP contribution in [0.1, 0.15) is 61.1 Å². The number of aryl methyl sites for hydroxylation is 2. The molecule has 0 aromatic heterocycles. The molecule has 2 unspecified atom stereocenters. The number of benzene rings is 3. The summed E-state index contributed by atoms with van der Waals surface area (Å²) in [7, 11) is 0. The van der Waals surface area contributed by atoms with Gasteiger partial charge in [-0.2, -0.15) is 0 Å². The normalized spacial score (nSPS) is 13.1. The van der Waals surface area contributed by atoms with E-state index in [0.29, 0.717) is 22.3 Å². The Morgan fingerprint density at radius 3 is 2.00 bits per heavy atom. The Morgan fingerprint density at radius 2 is 1.43 bits per heavy atom. The van der Waals surface area contributed by atoms with Gasteiger partial charge in [0.15, 0.2) is 0 Å². The maximum absolute atomic E-state index is 13.9. The zero-order valence-corrected chi connectivity index (χ0v) is 27.0. The first-order valence-electron chi connectivity index (χ1n) is 15.1. The van der Waals surface area contributed by atoms with E-state index in [4.69, 9.17) is 15.2 Å². The van der Waals surface area contributed by atoms with Gasteiger partial charge in [-0.1, -0.05) is 60.7 Å². The first-order chi connectivity index (χ1) is 21.7. The monoisotopic (exact) mass is 632 g/mol. The fourth-order valence-electron chi connectivity index (χ4n) is 5.39. The highest BCUT2D eigenvalue weighted by Crippen LogP contribution is 2.31. The van der Waals surface area contributed by atoms with E-state index in [2.05, 4.69) is 16.0 Å². The van der Waals surface area contributed by atoms with Crippen LogP contribution in [0.5, 0.6) is 5.75 Å². The van der Waals surface area contributed by atoms with Gasteiger partial charge in [0.2, 0.25) is 11.8 Å². The number of rotatable bonds is 13. The Bertz CT molecular complexity index is 1480. The van der Waals surface area contributed by atoms with Crippen LogP contribution in [0.3, 0.4) is 0 Å². The molecule has 0 radical (unpaired) electrons. The summed E-state index contributed by atoms with van der Waals surface area (Å²) in [4.78, 5) is 51.3. The van der Waals surface area contributed by atoms with Crippen molar-refractivity contribution in [2.24, 2.45) is 5.73 Å². The summed E-state index contributed by atoms with van der Waals surface area (Å²) in [5, 5.41) is 18.5. The third-order valence-electron chi connectivity index (χ3n) is 7.31. The number of amides is 4. The molecular weight excluding hydrogens is 588 g/mol. The average molecular weight is 633 g/mol. The predicted octanol–water partition coefficient (Wildman–Crippen LogP) is 4.47.